The molecular weight excluding hydrogens is 288 g/mol. The van der Waals surface area contributed by atoms with Crippen LogP contribution < -0.4 is 10.1 Å². The van der Waals surface area contributed by atoms with Gasteiger partial charge in [-0.05, 0) is 49.7 Å². The first-order valence-corrected chi connectivity index (χ1v) is 7.40. The molecule has 116 valence electrons. The van der Waals surface area contributed by atoms with Gasteiger partial charge in [0.25, 0.3) is 5.91 Å². The van der Waals surface area contributed by atoms with Crippen LogP contribution in [0.25, 0.3) is 10.9 Å². The van der Waals surface area contributed by atoms with Crippen LogP contribution in [-0.4, -0.2) is 18.0 Å². The molecule has 0 atom stereocenters. The molecule has 3 rings (SSSR count). The Balaban J connectivity index is 1.95. The van der Waals surface area contributed by atoms with Crippen LogP contribution in [0.5, 0.6) is 5.75 Å². The highest BCUT2D eigenvalue weighted by molar-refractivity contribution is 6.06. The zero-order chi connectivity index (χ0) is 16.4. The Kier molecular flexibility index (Phi) is 3.98. The third kappa shape index (κ3) is 3.16. The van der Waals surface area contributed by atoms with Gasteiger partial charge in [0.1, 0.15) is 5.75 Å². The summed E-state index contributed by atoms with van der Waals surface area (Å²) in [6.45, 7) is 3.83. The number of anilines is 1. The standard InChI is InChI=1S/C19H18N2O2/c1-12-5-4-6-15(9-12)21-19(22)17-10-14-7-8-16(23-3)11-18(14)20-13(17)2/h4-11H,1-3H3,(H,21,22). The Labute approximate surface area is 135 Å². The summed E-state index contributed by atoms with van der Waals surface area (Å²) in [5.74, 6) is 0.597. The van der Waals surface area contributed by atoms with Crippen molar-refractivity contribution in [3.05, 3.63) is 65.4 Å². The summed E-state index contributed by atoms with van der Waals surface area (Å²) >= 11 is 0. The Morgan fingerprint density at radius 2 is 1.91 bits per heavy atom. The van der Waals surface area contributed by atoms with Crippen LogP contribution in [-0.2, 0) is 0 Å². The number of methoxy groups -OCH3 is 1. The van der Waals surface area contributed by atoms with Crippen molar-refractivity contribution in [2.24, 2.45) is 0 Å². The van der Waals surface area contributed by atoms with Crippen molar-refractivity contribution in [3.8, 4) is 5.75 Å². The molecular formula is C19H18N2O2. The zero-order valence-corrected chi connectivity index (χ0v) is 13.4. The highest BCUT2D eigenvalue weighted by Crippen LogP contribution is 2.22. The molecule has 0 spiro atoms. The number of hydrogen-bond donors (Lipinski definition) is 1. The van der Waals surface area contributed by atoms with E-state index in [9.17, 15) is 4.79 Å². The predicted octanol–water partition coefficient (Wildman–Crippen LogP) is 4.11. The van der Waals surface area contributed by atoms with Crippen LogP contribution >= 0.6 is 0 Å². The number of hydrogen-bond acceptors (Lipinski definition) is 3. The third-order valence-electron chi connectivity index (χ3n) is 3.74. The minimum Gasteiger partial charge on any atom is -0.497 e. The highest BCUT2D eigenvalue weighted by Gasteiger charge is 2.12. The summed E-state index contributed by atoms with van der Waals surface area (Å²) in [7, 11) is 1.62. The van der Waals surface area contributed by atoms with E-state index in [1.54, 1.807) is 7.11 Å². The molecule has 0 bridgehead atoms. The smallest absolute Gasteiger partial charge is 0.257 e. The number of benzene rings is 2. The second-order valence-corrected chi connectivity index (χ2v) is 5.50. The van der Waals surface area contributed by atoms with Gasteiger partial charge in [0, 0.05) is 17.1 Å². The molecule has 0 saturated heterocycles. The summed E-state index contributed by atoms with van der Waals surface area (Å²) in [5.41, 5.74) is 3.96. The van der Waals surface area contributed by atoms with E-state index in [-0.39, 0.29) is 5.91 Å². The number of pyridine rings is 1. The van der Waals surface area contributed by atoms with Gasteiger partial charge in [-0.1, -0.05) is 12.1 Å². The van der Waals surface area contributed by atoms with Crippen LogP contribution in [0.15, 0.2) is 48.5 Å². The van der Waals surface area contributed by atoms with E-state index in [2.05, 4.69) is 10.3 Å². The maximum Gasteiger partial charge on any atom is 0.257 e. The lowest BCUT2D eigenvalue weighted by Gasteiger charge is -2.10. The zero-order valence-electron chi connectivity index (χ0n) is 13.4. The summed E-state index contributed by atoms with van der Waals surface area (Å²) in [6, 6.07) is 15.2. The predicted molar refractivity (Wildman–Crippen MR) is 92.2 cm³/mol. The van der Waals surface area contributed by atoms with Gasteiger partial charge >= 0.3 is 0 Å². The number of carbonyl (C=O) groups is 1. The summed E-state index contributed by atoms with van der Waals surface area (Å²) in [4.78, 5) is 17.1. The molecule has 1 amide bonds. The van der Waals surface area contributed by atoms with Gasteiger partial charge in [0.2, 0.25) is 0 Å². The molecule has 0 unspecified atom stereocenters. The largest absolute Gasteiger partial charge is 0.497 e. The number of amides is 1. The average Bonchev–Trinajstić information content (AvgIpc) is 2.53. The number of ether oxygens (including phenoxy) is 1. The molecule has 2 aromatic carbocycles. The van der Waals surface area contributed by atoms with Gasteiger partial charge < -0.3 is 10.1 Å². The molecule has 1 aromatic heterocycles. The molecule has 1 N–H and O–H groups in total. The molecule has 4 heteroatoms. The minimum atomic E-state index is -0.154. The number of nitrogens with one attached hydrogen (secondary N) is 1. The fourth-order valence-corrected chi connectivity index (χ4v) is 2.52. The van der Waals surface area contributed by atoms with Gasteiger partial charge in [-0.3, -0.25) is 9.78 Å². The van der Waals surface area contributed by atoms with Crippen molar-refractivity contribution in [2.45, 2.75) is 13.8 Å². The maximum atomic E-state index is 12.5. The Morgan fingerprint density at radius 1 is 1.09 bits per heavy atom. The maximum absolute atomic E-state index is 12.5. The van der Waals surface area contributed by atoms with E-state index in [4.69, 9.17) is 4.74 Å². The second kappa shape index (κ2) is 6.08. The van der Waals surface area contributed by atoms with Crippen molar-refractivity contribution < 1.29 is 9.53 Å². The van der Waals surface area contributed by atoms with Gasteiger partial charge in [-0.15, -0.1) is 0 Å². The van der Waals surface area contributed by atoms with Crippen molar-refractivity contribution in [1.82, 2.24) is 4.98 Å². The van der Waals surface area contributed by atoms with E-state index in [1.165, 1.54) is 0 Å². The van der Waals surface area contributed by atoms with E-state index >= 15 is 0 Å². The topological polar surface area (TPSA) is 51.2 Å². The third-order valence-corrected chi connectivity index (χ3v) is 3.74. The lowest BCUT2D eigenvalue weighted by molar-refractivity contribution is 0.102. The summed E-state index contributed by atoms with van der Waals surface area (Å²) in [5, 5.41) is 3.83. The molecule has 1 heterocycles. The van der Waals surface area contributed by atoms with E-state index in [0.717, 1.165) is 27.9 Å². The van der Waals surface area contributed by atoms with Gasteiger partial charge in [0.15, 0.2) is 0 Å². The lowest BCUT2D eigenvalue weighted by Crippen LogP contribution is -2.14. The first-order valence-electron chi connectivity index (χ1n) is 7.40. The number of rotatable bonds is 3. The molecule has 0 aliphatic heterocycles. The fourth-order valence-electron chi connectivity index (χ4n) is 2.52. The molecule has 4 nitrogen and oxygen atoms in total. The van der Waals surface area contributed by atoms with Crippen LogP contribution in [0.2, 0.25) is 0 Å². The van der Waals surface area contributed by atoms with E-state index in [1.807, 2.05) is 62.4 Å². The van der Waals surface area contributed by atoms with Crippen LogP contribution in [0.1, 0.15) is 21.6 Å². The number of nitrogens with zero attached hydrogens (tertiary/aromatic N) is 1. The number of aromatic nitrogens is 1. The van der Waals surface area contributed by atoms with Gasteiger partial charge in [0.05, 0.1) is 23.9 Å². The van der Waals surface area contributed by atoms with Crippen molar-refractivity contribution in [3.63, 3.8) is 0 Å². The first kappa shape index (κ1) is 15.0. The van der Waals surface area contributed by atoms with Crippen LogP contribution in [0, 0.1) is 13.8 Å². The summed E-state index contributed by atoms with van der Waals surface area (Å²) < 4.78 is 5.21. The van der Waals surface area contributed by atoms with Crippen LogP contribution in [0.3, 0.4) is 0 Å². The van der Waals surface area contributed by atoms with Gasteiger partial charge in [-0.2, -0.15) is 0 Å². The highest BCUT2D eigenvalue weighted by atomic mass is 16.5. The molecule has 0 aliphatic carbocycles. The molecule has 0 saturated carbocycles. The Morgan fingerprint density at radius 3 is 2.65 bits per heavy atom. The monoisotopic (exact) mass is 306 g/mol. The Bertz CT molecular complexity index is 888. The normalized spacial score (nSPS) is 10.6. The first-order chi connectivity index (χ1) is 11.1. The van der Waals surface area contributed by atoms with Crippen molar-refractivity contribution in [2.75, 3.05) is 12.4 Å². The molecule has 0 fully saturated rings. The quantitative estimate of drug-likeness (QED) is 0.792. The molecule has 23 heavy (non-hydrogen) atoms. The average molecular weight is 306 g/mol. The van der Waals surface area contributed by atoms with Gasteiger partial charge in [-0.25, -0.2) is 0 Å². The van der Waals surface area contributed by atoms with Crippen LogP contribution in [0.4, 0.5) is 5.69 Å². The van der Waals surface area contributed by atoms with Crippen molar-refractivity contribution >= 4 is 22.5 Å². The number of carbonyl (C=O) groups excluding carboxylic acids is 1. The Hall–Kier alpha value is -2.88. The molecule has 0 aliphatic rings. The SMILES string of the molecule is COc1ccc2cc(C(=O)Nc3cccc(C)c3)c(C)nc2c1. The summed E-state index contributed by atoms with van der Waals surface area (Å²) in [6.07, 6.45) is 0. The molecule has 0 radical (unpaired) electrons. The fraction of sp³-hybridized carbons (Fsp3) is 0.158. The van der Waals surface area contributed by atoms with E-state index < -0.39 is 0 Å². The van der Waals surface area contributed by atoms with E-state index in [0.29, 0.717) is 11.3 Å². The second-order valence-electron chi connectivity index (χ2n) is 5.50. The molecule has 3 aromatic rings. The number of aryl methyl sites for hydroxylation is 2. The lowest BCUT2D eigenvalue weighted by atomic mass is 10.1. The number of fused-ring (bicyclic) bond motifs is 1. The van der Waals surface area contributed by atoms with Crippen molar-refractivity contribution in [1.29, 1.82) is 0 Å². The minimum absolute atomic E-state index is 0.154.